The normalized spacial score (nSPS) is 21.0. The molecule has 0 bridgehead atoms. The highest BCUT2D eigenvalue weighted by molar-refractivity contribution is 7.89. The Bertz CT molecular complexity index is 574. The van der Waals surface area contributed by atoms with E-state index in [2.05, 4.69) is 31.2 Å². The molecule has 0 spiro atoms. The second-order valence-electron chi connectivity index (χ2n) is 6.76. The maximum absolute atomic E-state index is 12.7. The SMILES string of the molecule is CNCCn1cc(S(=O)(=O)N2CCC(C(C)(C)C)C2)cn1. The Morgan fingerprint density at radius 3 is 2.71 bits per heavy atom. The fraction of sp³-hybridized carbons (Fsp3) is 0.786. The first-order chi connectivity index (χ1) is 9.75. The van der Waals surface area contributed by atoms with Crippen molar-refractivity contribution in [3.8, 4) is 0 Å². The first kappa shape index (κ1) is 16.5. The summed E-state index contributed by atoms with van der Waals surface area (Å²) < 4.78 is 28.6. The van der Waals surface area contributed by atoms with Gasteiger partial charge in [-0.15, -0.1) is 0 Å². The molecule has 1 aliphatic heterocycles. The van der Waals surface area contributed by atoms with E-state index < -0.39 is 10.0 Å². The molecule has 1 unspecified atom stereocenters. The third kappa shape index (κ3) is 3.64. The molecular formula is C14H26N4O2S. The molecule has 0 aliphatic carbocycles. The number of likely N-dealkylation sites (N-methyl/N-ethyl adjacent to an activating group) is 1. The maximum atomic E-state index is 12.7. The van der Waals surface area contributed by atoms with Gasteiger partial charge in [0.15, 0.2) is 0 Å². The van der Waals surface area contributed by atoms with Gasteiger partial charge < -0.3 is 5.32 Å². The summed E-state index contributed by atoms with van der Waals surface area (Å²) in [6.07, 6.45) is 4.00. The highest BCUT2D eigenvalue weighted by atomic mass is 32.2. The quantitative estimate of drug-likeness (QED) is 0.885. The molecule has 0 aromatic carbocycles. The first-order valence-corrected chi connectivity index (χ1v) is 8.86. The molecule has 21 heavy (non-hydrogen) atoms. The van der Waals surface area contributed by atoms with Crippen molar-refractivity contribution < 1.29 is 8.42 Å². The zero-order chi connectivity index (χ0) is 15.7. The Balaban J connectivity index is 2.10. The second-order valence-corrected chi connectivity index (χ2v) is 8.70. The van der Waals surface area contributed by atoms with E-state index in [1.165, 1.54) is 6.20 Å². The number of sulfonamides is 1. The van der Waals surface area contributed by atoms with Crippen molar-refractivity contribution in [1.82, 2.24) is 19.4 Å². The van der Waals surface area contributed by atoms with Gasteiger partial charge in [0.25, 0.3) is 0 Å². The minimum Gasteiger partial charge on any atom is -0.318 e. The molecule has 7 heteroatoms. The van der Waals surface area contributed by atoms with Crippen LogP contribution in [0.25, 0.3) is 0 Å². The van der Waals surface area contributed by atoms with Gasteiger partial charge in [0.05, 0.1) is 12.7 Å². The fourth-order valence-electron chi connectivity index (χ4n) is 2.63. The molecule has 1 N–H and O–H groups in total. The third-order valence-electron chi connectivity index (χ3n) is 4.21. The minimum atomic E-state index is -3.41. The van der Waals surface area contributed by atoms with E-state index in [1.54, 1.807) is 15.2 Å². The van der Waals surface area contributed by atoms with E-state index in [0.717, 1.165) is 13.0 Å². The smallest absolute Gasteiger partial charge is 0.246 e. The van der Waals surface area contributed by atoms with Gasteiger partial charge in [0.1, 0.15) is 4.90 Å². The van der Waals surface area contributed by atoms with Crippen molar-refractivity contribution in [3.63, 3.8) is 0 Å². The van der Waals surface area contributed by atoms with Crippen LogP contribution in [0.1, 0.15) is 27.2 Å². The summed E-state index contributed by atoms with van der Waals surface area (Å²) in [4.78, 5) is 0.299. The number of aromatic nitrogens is 2. The Labute approximate surface area is 127 Å². The predicted octanol–water partition coefficient (Wildman–Crippen LogP) is 1.16. The van der Waals surface area contributed by atoms with E-state index in [0.29, 0.717) is 30.4 Å². The zero-order valence-electron chi connectivity index (χ0n) is 13.3. The molecule has 1 aliphatic rings. The summed E-state index contributed by atoms with van der Waals surface area (Å²) >= 11 is 0. The van der Waals surface area contributed by atoms with E-state index in [4.69, 9.17) is 0 Å². The van der Waals surface area contributed by atoms with Gasteiger partial charge in [-0.1, -0.05) is 20.8 Å². The molecule has 2 heterocycles. The average molecular weight is 314 g/mol. The molecular weight excluding hydrogens is 288 g/mol. The molecule has 120 valence electrons. The lowest BCUT2D eigenvalue weighted by atomic mass is 9.80. The van der Waals surface area contributed by atoms with Gasteiger partial charge in [0, 0.05) is 25.8 Å². The van der Waals surface area contributed by atoms with Crippen molar-refractivity contribution in [3.05, 3.63) is 12.4 Å². The number of hydrogen-bond donors (Lipinski definition) is 1. The molecule has 0 amide bonds. The Hall–Kier alpha value is -0.920. The van der Waals surface area contributed by atoms with Gasteiger partial charge in [-0.2, -0.15) is 9.40 Å². The van der Waals surface area contributed by atoms with Gasteiger partial charge in [-0.25, -0.2) is 8.42 Å². The third-order valence-corrected chi connectivity index (χ3v) is 6.03. The molecule has 0 radical (unpaired) electrons. The van der Waals surface area contributed by atoms with E-state index in [1.807, 2.05) is 7.05 Å². The lowest BCUT2D eigenvalue weighted by molar-refractivity contribution is 0.252. The number of nitrogens with zero attached hydrogens (tertiary/aromatic N) is 3. The number of rotatable bonds is 5. The number of hydrogen-bond acceptors (Lipinski definition) is 4. The van der Waals surface area contributed by atoms with Gasteiger partial charge in [-0.05, 0) is 24.8 Å². The topological polar surface area (TPSA) is 67.2 Å². The van der Waals surface area contributed by atoms with Crippen LogP contribution in [0.3, 0.4) is 0 Å². The second kappa shape index (κ2) is 6.06. The summed E-state index contributed by atoms with van der Waals surface area (Å²) in [5.41, 5.74) is 0.140. The van der Waals surface area contributed by atoms with Gasteiger partial charge >= 0.3 is 0 Å². The Kier molecular flexibility index (Phi) is 4.75. The summed E-state index contributed by atoms with van der Waals surface area (Å²) in [6.45, 7) is 9.14. The van der Waals surface area contributed by atoms with E-state index in [9.17, 15) is 8.42 Å². The van der Waals surface area contributed by atoms with Crippen LogP contribution in [0.4, 0.5) is 0 Å². The van der Waals surface area contributed by atoms with Gasteiger partial charge in [0.2, 0.25) is 10.0 Å². The van der Waals surface area contributed by atoms with Crippen LogP contribution in [0.2, 0.25) is 0 Å². The largest absolute Gasteiger partial charge is 0.318 e. The van der Waals surface area contributed by atoms with Crippen LogP contribution in [-0.4, -0.2) is 49.2 Å². The standard InChI is InChI=1S/C14H26N4O2S/c1-14(2,3)12-5-7-18(10-12)21(19,20)13-9-16-17(11-13)8-6-15-4/h9,11-12,15H,5-8,10H2,1-4H3. The van der Waals surface area contributed by atoms with E-state index in [-0.39, 0.29) is 5.41 Å². The highest BCUT2D eigenvalue weighted by Crippen LogP contribution is 2.35. The maximum Gasteiger partial charge on any atom is 0.246 e. The van der Waals surface area contributed by atoms with Crippen molar-refractivity contribution >= 4 is 10.0 Å². The molecule has 1 atom stereocenters. The summed E-state index contributed by atoms with van der Waals surface area (Å²) in [5.74, 6) is 0.409. The molecule has 2 rings (SSSR count). The Morgan fingerprint density at radius 2 is 2.14 bits per heavy atom. The molecule has 6 nitrogen and oxygen atoms in total. The minimum absolute atomic E-state index is 0.140. The molecule has 1 fully saturated rings. The monoisotopic (exact) mass is 314 g/mol. The molecule has 1 aromatic heterocycles. The molecule has 0 saturated carbocycles. The number of nitrogens with one attached hydrogen (secondary N) is 1. The van der Waals surface area contributed by atoms with Crippen molar-refractivity contribution in [2.75, 3.05) is 26.7 Å². The van der Waals surface area contributed by atoms with Crippen LogP contribution in [0.5, 0.6) is 0 Å². The average Bonchev–Trinajstić information content (AvgIpc) is 3.05. The lowest BCUT2D eigenvalue weighted by Crippen LogP contribution is -2.31. The van der Waals surface area contributed by atoms with Crippen LogP contribution in [0.15, 0.2) is 17.3 Å². The van der Waals surface area contributed by atoms with Gasteiger partial charge in [-0.3, -0.25) is 4.68 Å². The molecule has 1 aromatic rings. The summed E-state index contributed by atoms with van der Waals surface area (Å²) in [6, 6.07) is 0. The van der Waals surface area contributed by atoms with Crippen LogP contribution < -0.4 is 5.32 Å². The highest BCUT2D eigenvalue weighted by Gasteiger charge is 2.38. The van der Waals surface area contributed by atoms with Crippen LogP contribution in [0, 0.1) is 11.3 Å². The van der Waals surface area contributed by atoms with Crippen molar-refractivity contribution in [2.24, 2.45) is 11.3 Å². The fourth-order valence-corrected chi connectivity index (χ4v) is 4.08. The predicted molar refractivity (Wildman–Crippen MR) is 82.5 cm³/mol. The van der Waals surface area contributed by atoms with Crippen molar-refractivity contribution in [2.45, 2.75) is 38.6 Å². The Morgan fingerprint density at radius 1 is 1.43 bits per heavy atom. The van der Waals surface area contributed by atoms with Crippen molar-refractivity contribution in [1.29, 1.82) is 0 Å². The molecule has 1 saturated heterocycles. The first-order valence-electron chi connectivity index (χ1n) is 7.42. The lowest BCUT2D eigenvalue weighted by Gasteiger charge is -2.26. The summed E-state index contributed by atoms with van der Waals surface area (Å²) in [7, 11) is -1.55. The zero-order valence-corrected chi connectivity index (χ0v) is 14.2. The summed E-state index contributed by atoms with van der Waals surface area (Å²) in [5, 5.41) is 7.15. The van der Waals surface area contributed by atoms with E-state index >= 15 is 0 Å². The van der Waals surface area contributed by atoms with Crippen LogP contribution >= 0.6 is 0 Å². The van der Waals surface area contributed by atoms with Crippen LogP contribution in [-0.2, 0) is 16.6 Å².